The monoisotopic (exact) mass is 389 g/mol. The molecule has 1 fully saturated rings. The largest absolute Gasteiger partial charge is 0.478 e. The molecule has 2 N–H and O–H groups in total. The summed E-state index contributed by atoms with van der Waals surface area (Å²) in [6.45, 7) is 0. The molecule has 1 saturated carbocycles. The van der Waals surface area contributed by atoms with Gasteiger partial charge in [0.1, 0.15) is 22.7 Å². The van der Waals surface area contributed by atoms with Gasteiger partial charge in [0.15, 0.2) is 0 Å². The molecule has 140 valence electrons. The zero-order valence-electron chi connectivity index (χ0n) is 14.3. The molecule has 1 aliphatic rings. The van der Waals surface area contributed by atoms with Crippen molar-refractivity contribution in [1.82, 2.24) is 0 Å². The van der Waals surface area contributed by atoms with Crippen molar-refractivity contribution in [1.29, 1.82) is 0 Å². The molecule has 1 aromatic heterocycles. The standard InChI is InChI=1S/C19H16FNO5S/c1-27(24,25)21-15-9-16-14(8-13(15)10-5-6-10)17(19(22)23)18(26-16)11-3-2-4-12(20)7-11/h2-4,7-10,21H,5-6H2,1H3,(H,22,23). The van der Waals surface area contributed by atoms with Gasteiger partial charge in [-0.2, -0.15) is 0 Å². The van der Waals surface area contributed by atoms with E-state index in [2.05, 4.69) is 4.72 Å². The molecule has 0 amide bonds. The SMILES string of the molecule is CS(=O)(=O)Nc1cc2oc(-c3cccc(F)c3)c(C(=O)O)c2cc1C1CC1. The number of furan rings is 1. The van der Waals surface area contributed by atoms with Crippen LogP contribution in [0, 0.1) is 5.82 Å². The molecule has 0 spiro atoms. The molecule has 8 heteroatoms. The third kappa shape index (κ3) is 3.40. The molecule has 3 aromatic rings. The molecule has 0 aliphatic heterocycles. The van der Waals surface area contributed by atoms with Gasteiger partial charge >= 0.3 is 5.97 Å². The van der Waals surface area contributed by atoms with Gasteiger partial charge in [-0.3, -0.25) is 4.72 Å². The summed E-state index contributed by atoms with van der Waals surface area (Å²) in [5.41, 5.74) is 1.57. The number of halogens is 1. The number of anilines is 1. The smallest absolute Gasteiger partial charge is 0.340 e. The highest BCUT2D eigenvalue weighted by Gasteiger charge is 2.30. The van der Waals surface area contributed by atoms with Crippen molar-refractivity contribution in [3.05, 3.63) is 53.3 Å². The summed E-state index contributed by atoms with van der Waals surface area (Å²) >= 11 is 0. The minimum Gasteiger partial charge on any atom is -0.478 e. The number of carboxylic acid groups (broad SMARTS) is 1. The Kier molecular flexibility index (Phi) is 3.96. The second kappa shape index (κ2) is 6.09. The fourth-order valence-corrected chi connectivity index (χ4v) is 3.80. The van der Waals surface area contributed by atoms with Gasteiger partial charge in [0.2, 0.25) is 10.0 Å². The van der Waals surface area contributed by atoms with Crippen molar-refractivity contribution in [2.45, 2.75) is 18.8 Å². The Morgan fingerprint density at radius 2 is 2.00 bits per heavy atom. The third-order valence-corrected chi connectivity index (χ3v) is 5.06. The van der Waals surface area contributed by atoms with Crippen LogP contribution < -0.4 is 4.72 Å². The van der Waals surface area contributed by atoms with Gasteiger partial charge in [0.05, 0.1) is 11.9 Å². The van der Waals surface area contributed by atoms with E-state index in [0.29, 0.717) is 16.6 Å². The number of nitrogens with one attached hydrogen (secondary N) is 1. The Morgan fingerprint density at radius 1 is 1.26 bits per heavy atom. The first-order chi connectivity index (χ1) is 12.7. The third-order valence-electron chi connectivity index (χ3n) is 4.47. The number of carboxylic acids is 1. The molecule has 4 rings (SSSR count). The summed E-state index contributed by atoms with van der Waals surface area (Å²) < 4.78 is 45.2. The molecule has 27 heavy (non-hydrogen) atoms. The Balaban J connectivity index is 1.98. The lowest BCUT2D eigenvalue weighted by atomic mass is 10.0. The van der Waals surface area contributed by atoms with Crippen molar-refractivity contribution >= 4 is 32.6 Å². The topological polar surface area (TPSA) is 96.6 Å². The van der Waals surface area contributed by atoms with Gasteiger partial charge in [-0.15, -0.1) is 0 Å². The van der Waals surface area contributed by atoms with E-state index in [1.54, 1.807) is 12.1 Å². The van der Waals surface area contributed by atoms with Crippen molar-refractivity contribution in [3.63, 3.8) is 0 Å². The number of hydrogen-bond donors (Lipinski definition) is 2. The molecule has 2 aromatic carbocycles. The summed E-state index contributed by atoms with van der Waals surface area (Å²) in [5, 5.41) is 10.1. The number of sulfonamides is 1. The molecule has 0 atom stereocenters. The maximum Gasteiger partial charge on any atom is 0.340 e. The van der Waals surface area contributed by atoms with Gasteiger partial charge < -0.3 is 9.52 Å². The van der Waals surface area contributed by atoms with Crippen LogP contribution in [-0.2, 0) is 10.0 Å². The highest BCUT2D eigenvalue weighted by Crippen LogP contribution is 2.46. The first-order valence-electron chi connectivity index (χ1n) is 8.30. The minimum atomic E-state index is -3.51. The minimum absolute atomic E-state index is 0.0373. The molecule has 1 aliphatic carbocycles. The van der Waals surface area contributed by atoms with Gasteiger partial charge in [-0.05, 0) is 42.5 Å². The van der Waals surface area contributed by atoms with Crippen LogP contribution in [-0.4, -0.2) is 25.7 Å². The van der Waals surface area contributed by atoms with E-state index in [9.17, 15) is 22.7 Å². The average molecular weight is 389 g/mol. The normalized spacial score (nSPS) is 14.4. The van der Waals surface area contributed by atoms with Crippen molar-refractivity contribution in [2.24, 2.45) is 0 Å². The predicted molar refractivity (Wildman–Crippen MR) is 99.0 cm³/mol. The van der Waals surface area contributed by atoms with Crippen LogP contribution in [0.25, 0.3) is 22.3 Å². The van der Waals surface area contributed by atoms with E-state index in [1.807, 2.05) is 0 Å². The zero-order valence-corrected chi connectivity index (χ0v) is 15.1. The van der Waals surface area contributed by atoms with E-state index in [-0.39, 0.29) is 22.8 Å². The first-order valence-corrected chi connectivity index (χ1v) is 10.2. The van der Waals surface area contributed by atoms with E-state index in [4.69, 9.17) is 4.42 Å². The number of carbonyl (C=O) groups is 1. The highest BCUT2D eigenvalue weighted by atomic mass is 32.2. The molecule has 0 bridgehead atoms. The van der Waals surface area contributed by atoms with Gasteiger partial charge in [0, 0.05) is 17.0 Å². The van der Waals surface area contributed by atoms with E-state index >= 15 is 0 Å². The summed E-state index contributed by atoms with van der Waals surface area (Å²) in [6, 6.07) is 8.64. The summed E-state index contributed by atoms with van der Waals surface area (Å²) in [4.78, 5) is 11.9. The van der Waals surface area contributed by atoms with Crippen LogP contribution in [0.2, 0.25) is 0 Å². The lowest BCUT2D eigenvalue weighted by molar-refractivity contribution is 0.0699. The second-order valence-corrected chi connectivity index (χ2v) is 8.45. The van der Waals surface area contributed by atoms with Crippen LogP contribution in [0.15, 0.2) is 40.8 Å². The molecule has 0 saturated heterocycles. The van der Waals surface area contributed by atoms with Crippen LogP contribution >= 0.6 is 0 Å². The van der Waals surface area contributed by atoms with Crippen LogP contribution in [0.3, 0.4) is 0 Å². The lowest BCUT2D eigenvalue weighted by Gasteiger charge is -2.10. The average Bonchev–Trinajstić information content (AvgIpc) is 3.33. The molecular weight excluding hydrogens is 373 g/mol. The second-order valence-electron chi connectivity index (χ2n) is 6.71. The van der Waals surface area contributed by atoms with E-state index in [1.165, 1.54) is 24.3 Å². The Hall–Kier alpha value is -2.87. The first kappa shape index (κ1) is 17.5. The maximum absolute atomic E-state index is 13.6. The number of aromatic carboxylic acids is 1. The van der Waals surface area contributed by atoms with Crippen LogP contribution in [0.5, 0.6) is 0 Å². The summed E-state index contributed by atoms with van der Waals surface area (Å²) in [5.74, 6) is -1.50. The lowest BCUT2D eigenvalue weighted by Crippen LogP contribution is -2.11. The molecule has 6 nitrogen and oxygen atoms in total. The molecular formula is C19H16FNO5S. The summed E-state index contributed by atoms with van der Waals surface area (Å²) in [6.07, 6.45) is 2.86. The fourth-order valence-electron chi connectivity index (χ4n) is 3.23. The predicted octanol–water partition coefficient (Wildman–Crippen LogP) is 4.19. The fraction of sp³-hybridized carbons (Fsp3) is 0.211. The van der Waals surface area contributed by atoms with Crippen molar-refractivity contribution in [2.75, 3.05) is 11.0 Å². The van der Waals surface area contributed by atoms with E-state index in [0.717, 1.165) is 24.7 Å². The number of benzene rings is 2. The van der Waals surface area contributed by atoms with Gasteiger partial charge in [-0.25, -0.2) is 17.6 Å². The zero-order chi connectivity index (χ0) is 19.3. The van der Waals surface area contributed by atoms with Gasteiger partial charge in [0.25, 0.3) is 0 Å². The number of fused-ring (bicyclic) bond motifs is 1. The van der Waals surface area contributed by atoms with Gasteiger partial charge in [-0.1, -0.05) is 12.1 Å². The quantitative estimate of drug-likeness (QED) is 0.682. The number of hydrogen-bond acceptors (Lipinski definition) is 4. The Bertz CT molecular complexity index is 1180. The van der Waals surface area contributed by atoms with Crippen molar-refractivity contribution < 1.29 is 27.1 Å². The molecule has 0 unspecified atom stereocenters. The van der Waals surface area contributed by atoms with Crippen molar-refractivity contribution in [3.8, 4) is 11.3 Å². The molecule has 0 radical (unpaired) electrons. The van der Waals surface area contributed by atoms with Crippen LogP contribution in [0.4, 0.5) is 10.1 Å². The maximum atomic E-state index is 13.6. The Morgan fingerprint density at radius 3 is 2.59 bits per heavy atom. The van der Waals surface area contributed by atoms with E-state index < -0.39 is 21.8 Å². The molecule has 1 heterocycles. The summed E-state index contributed by atoms with van der Waals surface area (Å²) in [7, 11) is -3.51. The number of rotatable bonds is 5. The Labute approximate surface area is 154 Å². The van der Waals surface area contributed by atoms with Crippen LogP contribution in [0.1, 0.15) is 34.7 Å². The highest BCUT2D eigenvalue weighted by molar-refractivity contribution is 7.92.